The van der Waals surface area contributed by atoms with Gasteiger partial charge in [0.1, 0.15) is 0 Å². The summed E-state index contributed by atoms with van der Waals surface area (Å²) in [7, 11) is 0. The zero-order chi connectivity index (χ0) is 49.7. The molecule has 0 N–H and O–H groups in total. The Balaban J connectivity index is 1.85. The van der Waals surface area contributed by atoms with Crippen LogP contribution in [-0.4, -0.2) is 74.8 Å². The molecule has 0 radical (unpaired) electrons. The SMILES string of the molecule is CCCC(CCC)CCCCC(=O)OCC12CCC3(COC(=O)CCCN(CC)CC)CC(COC(=O)CCCCC(CCC)CCC)(C1)CC(COC(=O)CCCCC(CCC)CCC)(C2)C3. The van der Waals surface area contributed by atoms with Crippen LogP contribution in [-0.2, 0) is 38.1 Å². The first-order valence-electron chi connectivity index (χ1n) is 29.1. The summed E-state index contributed by atoms with van der Waals surface area (Å²) in [5.74, 6) is 1.62. The Morgan fingerprint density at radius 1 is 0.368 bits per heavy atom. The Morgan fingerprint density at radius 2 is 0.632 bits per heavy atom. The molecule has 4 saturated carbocycles. The third-order valence-electron chi connectivity index (χ3n) is 16.8. The summed E-state index contributed by atoms with van der Waals surface area (Å²) in [6.07, 6.45) is 31.7. The molecule has 4 aliphatic carbocycles. The van der Waals surface area contributed by atoms with E-state index in [0.29, 0.717) is 52.1 Å². The highest BCUT2D eigenvalue weighted by Gasteiger charge is 2.66. The first-order chi connectivity index (χ1) is 32.8. The summed E-state index contributed by atoms with van der Waals surface area (Å²) in [4.78, 5) is 56.7. The van der Waals surface area contributed by atoms with Gasteiger partial charge in [0.25, 0.3) is 0 Å². The second-order valence-electron chi connectivity index (χ2n) is 23.2. The van der Waals surface area contributed by atoms with Gasteiger partial charge in [0.2, 0.25) is 0 Å². The highest BCUT2D eigenvalue weighted by Crippen LogP contribution is 2.71. The van der Waals surface area contributed by atoms with Crippen LogP contribution in [0.25, 0.3) is 0 Å². The molecular weight excluding hydrogens is 851 g/mol. The predicted molar refractivity (Wildman–Crippen MR) is 278 cm³/mol. The Hall–Kier alpha value is -2.16. The van der Waals surface area contributed by atoms with Gasteiger partial charge in [0.05, 0.1) is 26.4 Å². The fourth-order valence-electron chi connectivity index (χ4n) is 14.1. The normalized spacial score (nSPS) is 23.2. The summed E-state index contributed by atoms with van der Waals surface area (Å²) in [6, 6.07) is 0. The van der Waals surface area contributed by atoms with Crippen molar-refractivity contribution < 1.29 is 38.1 Å². The van der Waals surface area contributed by atoms with Gasteiger partial charge in [-0.1, -0.05) is 171 Å². The van der Waals surface area contributed by atoms with Crippen molar-refractivity contribution in [3.8, 4) is 0 Å². The zero-order valence-corrected chi connectivity index (χ0v) is 45.7. The fraction of sp³-hybridized carbons (Fsp3) is 0.932. The molecule has 4 fully saturated rings. The van der Waals surface area contributed by atoms with E-state index in [1.54, 1.807) is 0 Å². The number of unbranched alkanes of at least 4 members (excludes halogenated alkanes) is 3. The smallest absolute Gasteiger partial charge is 0.305 e. The average molecular weight is 959 g/mol. The molecule has 396 valence electrons. The van der Waals surface area contributed by atoms with E-state index >= 15 is 0 Å². The monoisotopic (exact) mass is 958 g/mol. The number of carbonyl (C=O) groups is 4. The Morgan fingerprint density at radius 3 is 0.912 bits per heavy atom. The maximum absolute atomic E-state index is 13.6. The van der Waals surface area contributed by atoms with E-state index in [9.17, 15) is 19.2 Å². The Labute approximate surface area is 418 Å². The van der Waals surface area contributed by atoms with E-state index in [0.717, 1.165) is 140 Å². The van der Waals surface area contributed by atoms with Gasteiger partial charge in [-0.3, -0.25) is 19.2 Å². The molecule has 0 heterocycles. The summed E-state index contributed by atoms with van der Waals surface area (Å²) >= 11 is 0. The van der Waals surface area contributed by atoms with Crippen LogP contribution in [0.3, 0.4) is 0 Å². The molecule has 4 rings (SSSR count). The third-order valence-corrected chi connectivity index (χ3v) is 16.8. The lowest BCUT2D eigenvalue weighted by Gasteiger charge is -2.60. The number of hydrogen-bond donors (Lipinski definition) is 0. The first-order valence-corrected chi connectivity index (χ1v) is 29.1. The van der Waals surface area contributed by atoms with Crippen molar-refractivity contribution in [2.24, 2.45) is 39.4 Å². The number of esters is 4. The van der Waals surface area contributed by atoms with E-state index in [1.165, 1.54) is 83.5 Å². The molecule has 0 saturated heterocycles. The van der Waals surface area contributed by atoms with Gasteiger partial charge in [-0.15, -0.1) is 0 Å². The first kappa shape index (κ1) is 60.1. The summed E-state index contributed by atoms with van der Waals surface area (Å²) in [5.41, 5.74) is -1.54. The molecule has 2 unspecified atom stereocenters. The van der Waals surface area contributed by atoms with Gasteiger partial charge in [0.15, 0.2) is 0 Å². The highest BCUT2D eigenvalue weighted by molar-refractivity contribution is 5.70. The standard InChI is InChI=1S/C59H107NO8/c1-9-24-49(25-10-2)30-17-20-33-52(61)65-45-56-37-38-57(46-66-55(64)36-23-39-60(15-7)16-8)42-58(40-56,47-67-53(62)34-21-18-31-50(26-11-3)27-12-4)44-59(41-56,43-57)48-68-54(63)35-22-19-32-51(28-13-5)29-14-6/h49-51H,9-48H2,1-8H3. The molecule has 9 nitrogen and oxygen atoms in total. The minimum atomic E-state index is -0.412. The molecular formula is C59H107NO8. The molecule has 0 aromatic heterocycles. The Kier molecular flexibility index (Phi) is 29.0. The maximum atomic E-state index is 13.6. The molecule has 0 aromatic rings. The van der Waals surface area contributed by atoms with Crippen molar-refractivity contribution in [1.29, 1.82) is 0 Å². The van der Waals surface area contributed by atoms with Gasteiger partial charge in [-0.05, 0) is 108 Å². The van der Waals surface area contributed by atoms with Gasteiger partial charge in [-0.2, -0.15) is 0 Å². The van der Waals surface area contributed by atoms with E-state index < -0.39 is 10.8 Å². The number of carbonyl (C=O) groups excluding carboxylic acids is 4. The number of ether oxygens (including phenoxy) is 4. The fourth-order valence-corrected chi connectivity index (χ4v) is 14.1. The van der Waals surface area contributed by atoms with Gasteiger partial charge in [-0.25, -0.2) is 0 Å². The van der Waals surface area contributed by atoms with Gasteiger partial charge < -0.3 is 23.8 Å². The van der Waals surface area contributed by atoms with Crippen molar-refractivity contribution in [3.63, 3.8) is 0 Å². The molecule has 0 amide bonds. The summed E-state index contributed by atoms with van der Waals surface area (Å²) in [5, 5.41) is 0. The van der Waals surface area contributed by atoms with Crippen LogP contribution in [0.2, 0.25) is 0 Å². The summed E-state index contributed by atoms with van der Waals surface area (Å²) < 4.78 is 25.3. The predicted octanol–water partition coefficient (Wildman–Crippen LogP) is 15.3. The minimum absolute atomic E-state index is 0.129. The average Bonchev–Trinajstić information content (AvgIpc) is 3.48. The quantitative estimate of drug-likeness (QED) is 0.0336. The van der Waals surface area contributed by atoms with Crippen LogP contribution in [0.4, 0.5) is 0 Å². The number of rotatable bonds is 41. The van der Waals surface area contributed by atoms with Gasteiger partial charge in [0, 0.05) is 47.3 Å². The lowest BCUT2D eigenvalue weighted by Crippen LogP contribution is -2.56. The van der Waals surface area contributed by atoms with Crippen LogP contribution < -0.4 is 0 Å². The number of fused-ring (bicyclic) bond motifs is 1. The minimum Gasteiger partial charge on any atom is -0.465 e. The molecule has 9 heteroatoms. The second-order valence-corrected chi connectivity index (χ2v) is 23.2. The van der Waals surface area contributed by atoms with Crippen LogP contribution >= 0.6 is 0 Å². The van der Waals surface area contributed by atoms with E-state index in [4.69, 9.17) is 18.9 Å². The van der Waals surface area contributed by atoms with Crippen LogP contribution in [0.1, 0.15) is 267 Å². The Bertz CT molecular complexity index is 1340. The van der Waals surface area contributed by atoms with E-state index in [-0.39, 0.29) is 34.7 Å². The van der Waals surface area contributed by atoms with Gasteiger partial charge >= 0.3 is 23.9 Å². The second kappa shape index (κ2) is 32.7. The zero-order valence-electron chi connectivity index (χ0n) is 45.7. The maximum Gasteiger partial charge on any atom is 0.305 e. The number of hydrogen-bond acceptors (Lipinski definition) is 9. The van der Waals surface area contributed by atoms with E-state index in [2.05, 4.69) is 60.3 Å². The van der Waals surface area contributed by atoms with Crippen molar-refractivity contribution >= 4 is 23.9 Å². The molecule has 2 atom stereocenters. The van der Waals surface area contributed by atoms with Crippen molar-refractivity contribution in [2.45, 2.75) is 267 Å². The van der Waals surface area contributed by atoms with Crippen molar-refractivity contribution in [3.05, 3.63) is 0 Å². The number of nitrogens with zero attached hydrogens (tertiary/aromatic N) is 1. The lowest BCUT2D eigenvalue weighted by atomic mass is 9.46. The third kappa shape index (κ3) is 21.7. The molecule has 0 aromatic carbocycles. The molecule has 68 heavy (non-hydrogen) atoms. The lowest BCUT2D eigenvalue weighted by molar-refractivity contribution is -0.187. The molecule has 0 aliphatic heterocycles. The van der Waals surface area contributed by atoms with Crippen molar-refractivity contribution in [1.82, 2.24) is 4.90 Å². The van der Waals surface area contributed by atoms with Crippen molar-refractivity contribution in [2.75, 3.05) is 46.1 Å². The largest absolute Gasteiger partial charge is 0.465 e. The van der Waals surface area contributed by atoms with Crippen LogP contribution in [0.5, 0.6) is 0 Å². The van der Waals surface area contributed by atoms with Crippen LogP contribution in [0.15, 0.2) is 0 Å². The molecule has 4 aliphatic rings. The topological polar surface area (TPSA) is 108 Å². The molecule has 4 bridgehead atoms. The highest BCUT2D eigenvalue weighted by atomic mass is 16.5. The molecule has 0 spiro atoms. The van der Waals surface area contributed by atoms with Crippen LogP contribution in [0, 0.1) is 39.4 Å². The van der Waals surface area contributed by atoms with E-state index in [1.807, 2.05) is 0 Å². The summed E-state index contributed by atoms with van der Waals surface area (Å²) in [6.45, 7) is 21.8.